The van der Waals surface area contributed by atoms with Crippen LogP contribution < -0.4 is 0 Å². The molecule has 0 aromatic heterocycles. The van der Waals surface area contributed by atoms with E-state index >= 15 is 0 Å². The zero-order valence-corrected chi connectivity index (χ0v) is 23.0. The third kappa shape index (κ3) is 3.11. The molecule has 192 valence electrons. The van der Waals surface area contributed by atoms with Crippen LogP contribution in [0.15, 0.2) is 133 Å². The van der Waals surface area contributed by atoms with Crippen LogP contribution >= 0.6 is 0 Å². The second-order valence-electron chi connectivity index (χ2n) is 11.5. The summed E-state index contributed by atoms with van der Waals surface area (Å²) in [5.74, 6) is 0.267. The molecule has 1 atom stereocenters. The summed E-state index contributed by atoms with van der Waals surface area (Å²) >= 11 is 0. The fourth-order valence-electron chi connectivity index (χ4n) is 7.78. The minimum Gasteiger partial charge on any atom is -0.0619 e. The van der Waals surface area contributed by atoms with E-state index in [1.54, 1.807) is 0 Å². The molecule has 0 nitrogen and oxygen atoms in total. The second-order valence-corrected chi connectivity index (χ2v) is 11.5. The lowest BCUT2D eigenvalue weighted by molar-refractivity contribution is 0.923. The Hall–Kier alpha value is -4.94. The maximum atomic E-state index is 2.45. The van der Waals surface area contributed by atoms with Gasteiger partial charge in [0.2, 0.25) is 0 Å². The third-order valence-electron chi connectivity index (χ3n) is 9.46. The van der Waals surface area contributed by atoms with E-state index in [1.165, 1.54) is 88.0 Å². The van der Waals surface area contributed by atoms with Gasteiger partial charge in [-0.25, -0.2) is 0 Å². The van der Waals surface area contributed by atoms with Crippen molar-refractivity contribution in [1.29, 1.82) is 0 Å². The van der Waals surface area contributed by atoms with Gasteiger partial charge in [0.25, 0.3) is 0 Å². The van der Waals surface area contributed by atoms with Crippen LogP contribution in [0, 0.1) is 0 Å². The van der Waals surface area contributed by atoms with Gasteiger partial charge in [0.1, 0.15) is 0 Å². The molecule has 0 radical (unpaired) electrons. The van der Waals surface area contributed by atoms with Gasteiger partial charge in [-0.3, -0.25) is 0 Å². The molecule has 0 bridgehead atoms. The first-order chi connectivity index (χ1) is 20.3. The van der Waals surface area contributed by atoms with Crippen LogP contribution in [0.2, 0.25) is 0 Å². The first kappa shape index (κ1) is 22.8. The summed E-state index contributed by atoms with van der Waals surface area (Å²) in [5, 5.41) is 8.05. The Morgan fingerprint density at radius 1 is 0.537 bits per heavy atom. The van der Waals surface area contributed by atoms with Gasteiger partial charge in [-0.1, -0.05) is 134 Å². The molecule has 0 heteroatoms. The van der Waals surface area contributed by atoms with E-state index < -0.39 is 0 Å². The Labute approximate surface area is 240 Å². The van der Waals surface area contributed by atoms with Gasteiger partial charge in [-0.2, -0.15) is 0 Å². The quantitative estimate of drug-likeness (QED) is 0.203. The van der Waals surface area contributed by atoms with Gasteiger partial charge in [-0.15, -0.1) is 0 Å². The van der Waals surface area contributed by atoms with E-state index in [2.05, 4.69) is 140 Å². The zero-order chi connectivity index (χ0) is 27.1. The van der Waals surface area contributed by atoms with Crippen molar-refractivity contribution in [2.45, 2.75) is 19.3 Å². The molecule has 0 saturated heterocycles. The molecule has 2 aliphatic carbocycles. The largest absolute Gasteiger partial charge is 0.0619 e. The van der Waals surface area contributed by atoms with Gasteiger partial charge in [0.15, 0.2) is 0 Å². The van der Waals surface area contributed by atoms with E-state index in [0.29, 0.717) is 0 Å². The average Bonchev–Trinajstić information content (AvgIpc) is 3.56. The van der Waals surface area contributed by atoms with Crippen molar-refractivity contribution in [3.63, 3.8) is 0 Å². The predicted octanol–water partition coefficient (Wildman–Crippen LogP) is 11.4. The van der Waals surface area contributed by atoms with Crippen LogP contribution in [-0.2, 0) is 0 Å². The van der Waals surface area contributed by atoms with E-state index in [4.69, 9.17) is 0 Å². The van der Waals surface area contributed by atoms with Crippen LogP contribution in [0.1, 0.15) is 36.0 Å². The van der Waals surface area contributed by atoms with Crippen LogP contribution in [0.5, 0.6) is 0 Å². The molecular weight excluding hydrogens is 492 g/mol. The summed E-state index contributed by atoms with van der Waals surface area (Å²) in [4.78, 5) is 0. The van der Waals surface area contributed by atoms with E-state index in [0.717, 1.165) is 6.42 Å². The first-order valence-electron chi connectivity index (χ1n) is 14.7. The van der Waals surface area contributed by atoms with Gasteiger partial charge < -0.3 is 0 Å². The molecule has 2 aliphatic rings. The molecule has 0 aliphatic heterocycles. The van der Waals surface area contributed by atoms with Crippen molar-refractivity contribution >= 4 is 38.4 Å². The van der Waals surface area contributed by atoms with Crippen LogP contribution in [-0.4, -0.2) is 0 Å². The molecule has 1 unspecified atom stereocenters. The summed E-state index contributed by atoms with van der Waals surface area (Å²) < 4.78 is 0. The predicted molar refractivity (Wildman–Crippen MR) is 175 cm³/mol. The Bertz CT molecular complexity index is 2190. The molecule has 7 aromatic carbocycles. The highest BCUT2D eigenvalue weighted by Gasteiger charge is 2.30. The second kappa shape index (κ2) is 8.53. The van der Waals surface area contributed by atoms with Crippen molar-refractivity contribution in [2.24, 2.45) is 0 Å². The van der Waals surface area contributed by atoms with Crippen molar-refractivity contribution in [3.05, 3.63) is 150 Å². The number of benzene rings is 7. The lowest BCUT2D eigenvalue weighted by atomic mass is 9.79. The first-order valence-corrected chi connectivity index (χ1v) is 14.7. The van der Waals surface area contributed by atoms with Gasteiger partial charge in [0, 0.05) is 5.92 Å². The molecule has 0 N–H and O–H groups in total. The van der Waals surface area contributed by atoms with Gasteiger partial charge in [-0.05, 0) is 101 Å². The van der Waals surface area contributed by atoms with Crippen molar-refractivity contribution in [3.8, 4) is 33.4 Å². The molecule has 0 amide bonds. The summed E-state index contributed by atoms with van der Waals surface area (Å²) in [6.45, 7) is 2.30. The highest BCUT2D eigenvalue weighted by Crippen LogP contribution is 2.52. The molecule has 0 spiro atoms. The fourth-order valence-corrected chi connectivity index (χ4v) is 7.78. The summed E-state index contributed by atoms with van der Waals surface area (Å²) in [6.07, 6.45) is 3.47. The maximum Gasteiger partial charge on any atom is 0.0320 e. The van der Waals surface area contributed by atoms with Crippen LogP contribution in [0.25, 0.3) is 71.8 Å². The van der Waals surface area contributed by atoms with Gasteiger partial charge >= 0.3 is 0 Å². The van der Waals surface area contributed by atoms with E-state index in [1.807, 2.05) is 0 Å². The number of rotatable bonds is 3. The number of hydrogen-bond donors (Lipinski definition) is 0. The number of fused-ring (bicyclic) bond motifs is 6. The Kier molecular flexibility index (Phi) is 4.75. The van der Waals surface area contributed by atoms with Crippen molar-refractivity contribution < 1.29 is 0 Å². The molecule has 41 heavy (non-hydrogen) atoms. The summed E-state index contributed by atoms with van der Waals surface area (Å²) in [6, 6.07) is 47.7. The van der Waals surface area contributed by atoms with Crippen molar-refractivity contribution in [2.75, 3.05) is 0 Å². The van der Waals surface area contributed by atoms with Crippen LogP contribution in [0.4, 0.5) is 0 Å². The van der Waals surface area contributed by atoms with Crippen LogP contribution in [0.3, 0.4) is 0 Å². The fraction of sp³-hybridized carbons (Fsp3) is 0.0732. The molecular formula is C41H28. The Morgan fingerprint density at radius 2 is 1.15 bits per heavy atom. The number of allylic oxidation sites excluding steroid dienone is 1. The lowest BCUT2D eigenvalue weighted by Crippen LogP contribution is -2.04. The van der Waals surface area contributed by atoms with Crippen molar-refractivity contribution in [1.82, 2.24) is 0 Å². The van der Waals surface area contributed by atoms with E-state index in [-0.39, 0.29) is 5.92 Å². The third-order valence-corrected chi connectivity index (χ3v) is 9.46. The molecule has 0 heterocycles. The summed E-state index contributed by atoms with van der Waals surface area (Å²) in [7, 11) is 0. The normalized spacial score (nSPS) is 15.0. The van der Waals surface area contributed by atoms with Gasteiger partial charge in [0.05, 0.1) is 0 Å². The highest BCUT2D eigenvalue weighted by atomic mass is 14.3. The topological polar surface area (TPSA) is 0 Å². The molecule has 0 fully saturated rings. The molecule has 9 rings (SSSR count). The minimum absolute atomic E-state index is 0.267. The minimum atomic E-state index is 0.267. The Morgan fingerprint density at radius 3 is 1.88 bits per heavy atom. The Balaban J connectivity index is 1.40. The zero-order valence-electron chi connectivity index (χ0n) is 23.0. The smallest absolute Gasteiger partial charge is 0.0320 e. The molecule has 7 aromatic rings. The molecule has 0 saturated carbocycles. The maximum absolute atomic E-state index is 2.45. The SMILES string of the molecule is CCC1=Cc2ccccc2C1c1c2ccccc2c(-c2cc3c4c(cccc4c2)-c2ccccc2-3)c2ccccc12. The van der Waals surface area contributed by atoms with E-state index in [9.17, 15) is 0 Å². The number of hydrogen-bond acceptors (Lipinski definition) is 0. The highest BCUT2D eigenvalue weighted by molar-refractivity contribution is 6.20. The average molecular weight is 521 g/mol. The summed E-state index contributed by atoms with van der Waals surface area (Å²) in [5.41, 5.74) is 13.7. The monoisotopic (exact) mass is 520 g/mol. The lowest BCUT2D eigenvalue weighted by Gasteiger charge is -2.24. The standard InChI is InChI=1S/C41H28/c1-2-25-22-26-12-3-4-14-29(26)40(25)41-35-19-9-7-17-33(35)39(34-18-8-10-20-36(34)41)28-23-27-13-11-21-32-30-15-5-6-16-31(30)37(24-28)38(27)32/h3-24,40H,2H2,1H3.